The third kappa shape index (κ3) is 3.80. The van der Waals surface area contributed by atoms with Crippen LogP contribution in [-0.4, -0.2) is 35.3 Å². The molecule has 1 heterocycles. The van der Waals surface area contributed by atoms with Gasteiger partial charge < -0.3 is 9.26 Å². The van der Waals surface area contributed by atoms with Gasteiger partial charge in [-0.15, -0.1) is 0 Å². The molecule has 1 rings (SSSR count). The summed E-state index contributed by atoms with van der Waals surface area (Å²) in [4.78, 5) is 14.7. The number of carbonyl (C=O) groups excluding carboxylic acids is 1. The molecule has 8 heteroatoms. The maximum Gasteiger partial charge on any atom is 0.450 e. The van der Waals surface area contributed by atoms with E-state index in [1.165, 1.54) is 0 Å². The molecule has 0 saturated carbocycles. The minimum absolute atomic E-state index is 0.222. The third-order valence-electron chi connectivity index (χ3n) is 2.20. The largest absolute Gasteiger partial charge is 0.450 e. The fraction of sp³-hybridized carbons (Fsp3) is 0.700. The van der Waals surface area contributed by atoms with Crippen molar-refractivity contribution < 1.29 is 27.2 Å². The van der Waals surface area contributed by atoms with Crippen molar-refractivity contribution in [3.63, 3.8) is 0 Å². The molecule has 1 unspecified atom stereocenters. The van der Waals surface area contributed by atoms with Gasteiger partial charge >= 0.3 is 6.18 Å². The molecule has 0 saturated heterocycles. The van der Waals surface area contributed by atoms with Crippen LogP contribution < -0.4 is 0 Å². The summed E-state index contributed by atoms with van der Waals surface area (Å²) in [6.45, 7) is 3.76. The molecule has 5 nitrogen and oxygen atoms in total. The molecule has 0 aliphatic heterocycles. The number of aromatic nitrogens is 2. The van der Waals surface area contributed by atoms with Crippen LogP contribution in [0.3, 0.4) is 0 Å². The van der Waals surface area contributed by atoms with Crippen LogP contribution in [0.5, 0.6) is 0 Å². The molecule has 0 aliphatic carbocycles. The molecule has 102 valence electrons. The second-order valence-corrected chi connectivity index (χ2v) is 3.58. The monoisotopic (exact) mass is 266 g/mol. The summed E-state index contributed by atoms with van der Waals surface area (Å²) in [5, 5.41) is 3.49. The molecule has 0 aliphatic rings. The molecule has 0 spiro atoms. The van der Waals surface area contributed by atoms with E-state index in [-0.39, 0.29) is 11.7 Å². The van der Waals surface area contributed by atoms with E-state index < -0.39 is 17.9 Å². The van der Waals surface area contributed by atoms with E-state index in [0.29, 0.717) is 19.6 Å². The lowest BCUT2D eigenvalue weighted by Gasteiger charge is -2.08. The van der Waals surface area contributed by atoms with Crippen molar-refractivity contribution in [3.05, 3.63) is 11.7 Å². The Balaban J connectivity index is 2.65. The van der Waals surface area contributed by atoms with Crippen molar-refractivity contribution >= 4 is 5.78 Å². The fourth-order valence-corrected chi connectivity index (χ4v) is 1.21. The molecule has 1 aromatic rings. The first-order valence-electron chi connectivity index (χ1n) is 5.37. The van der Waals surface area contributed by atoms with Gasteiger partial charge in [-0.1, -0.05) is 5.16 Å². The number of carbonyl (C=O) groups is 1. The lowest BCUT2D eigenvalue weighted by atomic mass is 10.1. The van der Waals surface area contributed by atoms with Crippen LogP contribution in [0.15, 0.2) is 4.52 Å². The number of hydrogen-bond acceptors (Lipinski definition) is 5. The van der Waals surface area contributed by atoms with Crippen molar-refractivity contribution in [2.24, 2.45) is 0 Å². The van der Waals surface area contributed by atoms with Gasteiger partial charge in [-0.2, -0.15) is 18.2 Å². The summed E-state index contributed by atoms with van der Waals surface area (Å²) >= 11 is 0. The number of hydrogen-bond donors (Lipinski definition) is 0. The van der Waals surface area contributed by atoms with Gasteiger partial charge in [0, 0.05) is 13.0 Å². The van der Waals surface area contributed by atoms with Gasteiger partial charge in [0.05, 0.1) is 6.61 Å². The maximum atomic E-state index is 12.2. The van der Waals surface area contributed by atoms with Crippen molar-refractivity contribution in [1.29, 1.82) is 0 Å². The highest BCUT2D eigenvalue weighted by Crippen LogP contribution is 2.26. The molecule has 0 radical (unpaired) electrons. The van der Waals surface area contributed by atoms with Crippen molar-refractivity contribution in [2.75, 3.05) is 13.2 Å². The van der Waals surface area contributed by atoms with E-state index in [0.717, 1.165) is 6.92 Å². The molecule has 18 heavy (non-hydrogen) atoms. The number of alkyl halides is 3. The van der Waals surface area contributed by atoms with E-state index in [1.807, 2.05) is 6.92 Å². The molecule has 0 bridgehead atoms. The van der Waals surface area contributed by atoms with Crippen LogP contribution in [0, 0.1) is 0 Å². The predicted molar refractivity (Wildman–Crippen MR) is 54.0 cm³/mol. The zero-order valence-corrected chi connectivity index (χ0v) is 9.95. The smallest absolute Gasteiger partial charge is 0.381 e. The first-order chi connectivity index (χ1) is 8.36. The molecule has 1 atom stereocenters. The Hall–Kier alpha value is -1.44. The molecule has 0 aromatic carbocycles. The second-order valence-electron chi connectivity index (χ2n) is 3.58. The zero-order valence-electron chi connectivity index (χ0n) is 9.95. The van der Waals surface area contributed by atoms with Gasteiger partial charge in [0.2, 0.25) is 11.7 Å². The number of ketones is 1. The van der Waals surface area contributed by atoms with Gasteiger partial charge in [0.25, 0.3) is 0 Å². The number of halogens is 3. The fourth-order valence-electron chi connectivity index (χ4n) is 1.21. The van der Waals surface area contributed by atoms with Gasteiger partial charge in [-0.3, -0.25) is 4.79 Å². The lowest BCUT2D eigenvalue weighted by molar-refractivity contribution is -0.172. The quantitative estimate of drug-likeness (QED) is 0.735. The van der Waals surface area contributed by atoms with Crippen LogP contribution in [0.4, 0.5) is 13.2 Å². The van der Waals surface area contributed by atoms with Crippen LogP contribution in [0.25, 0.3) is 0 Å². The summed E-state index contributed by atoms with van der Waals surface area (Å²) in [7, 11) is 0. The number of nitrogens with zero attached hydrogens (tertiary/aromatic N) is 2. The van der Waals surface area contributed by atoms with Crippen molar-refractivity contribution in [3.8, 4) is 0 Å². The van der Waals surface area contributed by atoms with Crippen molar-refractivity contribution in [1.82, 2.24) is 10.1 Å². The van der Waals surface area contributed by atoms with E-state index in [1.54, 1.807) is 0 Å². The van der Waals surface area contributed by atoms with Crippen LogP contribution in [0.2, 0.25) is 0 Å². The standard InChI is InChI=1S/C10H13F3N2O3/c1-3-17-5-4-7-14-9(18-15-7)6(2)8(16)10(11,12)13/h6H,3-5H2,1-2H3. The summed E-state index contributed by atoms with van der Waals surface area (Å²) in [6, 6.07) is 0. The van der Waals surface area contributed by atoms with Crippen LogP contribution >= 0.6 is 0 Å². The molecule has 0 fully saturated rings. The highest BCUT2D eigenvalue weighted by Gasteiger charge is 2.43. The Morgan fingerprint density at radius 2 is 2.17 bits per heavy atom. The Morgan fingerprint density at radius 1 is 1.50 bits per heavy atom. The molecular formula is C10H13F3N2O3. The SMILES string of the molecule is CCOCCc1noc(C(C)C(=O)C(F)(F)F)n1. The Labute approximate surface area is 101 Å². The van der Waals surface area contributed by atoms with E-state index in [4.69, 9.17) is 4.74 Å². The molecule has 0 amide bonds. The Kier molecular flexibility index (Phi) is 4.83. The Morgan fingerprint density at radius 3 is 2.72 bits per heavy atom. The predicted octanol–water partition coefficient (Wildman–Crippen LogP) is 1.88. The van der Waals surface area contributed by atoms with Crippen LogP contribution in [0.1, 0.15) is 31.5 Å². The number of ether oxygens (including phenoxy) is 1. The minimum Gasteiger partial charge on any atom is -0.381 e. The van der Waals surface area contributed by atoms with Gasteiger partial charge in [0.15, 0.2) is 5.82 Å². The lowest BCUT2D eigenvalue weighted by Crippen LogP contribution is -2.27. The van der Waals surface area contributed by atoms with Gasteiger partial charge in [-0.25, -0.2) is 0 Å². The van der Waals surface area contributed by atoms with E-state index >= 15 is 0 Å². The highest BCUT2D eigenvalue weighted by molar-refractivity contribution is 5.89. The van der Waals surface area contributed by atoms with Crippen molar-refractivity contribution in [2.45, 2.75) is 32.4 Å². The zero-order chi connectivity index (χ0) is 13.8. The second kappa shape index (κ2) is 5.94. The van der Waals surface area contributed by atoms with Gasteiger partial charge in [0.1, 0.15) is 5.92 Å². The maximum absolute atomic E-state index is 12.2. The number of Topliss-reactive ketones (excluding diaryl/α,β-unsaturated/α-hetero) is 1. The van der Waals surface area contributed by atoms with Crippen LogP contribution in [-0.2, 0) is 16.0 Å². The summed E-state index contributed by atoms with van der Waals surface area (Å²) in [5.74, 6) is -3.50. The summed E-state index contributed by atoms with van der Waals surface area (Å²) in [5.41, 5.74) is 0. The molecular weight excluding hydrogens is 253 g/mol. The molecule has 0 N–H and O–H groups in total. The average Bonchev–Trinajstić information content (AvgIpc) is 2.75. The first-order valence-corrected chi connectivity index (χ1v) is 5.37. The normalized spacial score (nSPS) is 13.6. The number of rotatable bonds is 6. The summed E-state index contributed by atoms with van der Waals surface area (Å²) in [6.07, 6.45) is -4.58. The Bertz CT molecular complexity index is 403. The van der Waals surface area contributed by atoms with E-state index in [2.05, 4.69) is 14.7 Å². The summed E-state index contributed by atoms with van der Waals surface area (Å²) < 4.78 is 46.2. The van der Waals surface area contributed by atoms with Gasteiger partial charge in [-0.05, 0) is 13.8 Å². The molecule has 1 aromatic heterocycles. The topological polar surface area (TPSA) is 65.2 Å². The third-order valence-corrected chi connectivity index (χ3v) is 2.20. The minimum atomic E-state index is -4.90. The highest BCUT2D eigenvalue weighted by atomic mass is 19.4. The first kappa shape index (κ1) is 14.6. The van der Waals surface area contributed by atoms with E-state index in [9.17, 15) is 18.0 Å². The average molecular weight is 266 g/mol.